The second-order valence-electron chi connectivity index (χ2n) is 2.81. The second kappa shape index (κ2) is 9.89. The van der Waals surface area contributed by atoms with Crippen molar-refractivity contribution in [1.29, 1.82) is 0 Å². The van der Waals surface area contributed by atoms with E-state index in [0.29, 0.717) is 0 Å². The van der Waals surface area contributed by atoms with Gasteiger partial charge in [0.2, 0.25) is 0 Å². The van der Waals surface area contributed by atoms with E-state index in [0.717, 1.165) is 6.42 Å². The zero-order valence-corrected chi connectivity index (χ0v) is 9.88. The number of imidazole rings is 1. The molecule has 1 aromatic rings. The number of hydrogen-bond acceptors (Lipinski definition) is 1. The lowest BCUT2D eigenvalue weighted by atomic mass is 10.2. The summed E-state index contributed by atoms with van der Waals surface area (Å²) in [6.45, 7) is -1.47. The predicted octanol–water partition coefficient (Wildman–Crippen LogP) is 3.05. The first kappa shape index (κ1) is 16.8. The molecule has 0 aliphatic rings. The smallest absolute Gasteiger partial charge is 0.338 e. The van der Waals surface area contributed by atoms with Crippen LogP contribution in [0.5, 0.6) is 0 Å². The zero-order chi connectivity index (χ0) is 11.0. The highest BCUT2D eigenvalue weighted by Crippen LogP contribution is 2.00. The Bertz CT molecular complexity index is 238. The molecule has 90 valence electrons. The molecule has 0 spiro atoms. The lowest BCUT2D eigenvalue weighted by Gasteiger charge is -1.97. The van der Waals surface area contributed by atoms with E-state index in [1.807, 2.05) is 19.4 Å². The van der Waals surface area contributed by atoms with Gasteiger partial charge in [0.15, 0.2) is 0 Å². The third-order valence-corrected chi connectivity index (χ3v) is 1.67. The summed E-state index contributed by atoms with van der Waals surface area (Å²) in [5, 5.41) is 0. The topological polar surface area (TPSA) is 17.8 Å². The van der Waals surface area contributed by atoms with Gasteiger partial charge in [0.05, 0.1) is 0 Å². The minimum atomic E-state index is -3.67. The third-order valence-electron chi connectivity index (χ3n) is 1.67. The molecular formula is C9H17F3N2S. The van der Waals surface area contributed by atoms with Crippen LogP contribution in [-0.4, -0.2) is 16.2 Å². The van der Waals surface area contributed by atoms with Crippen molar-refractivity contribution in [2.45, 2.75) is 32.9 Å². The van der Waals surface area contributed by atoms with Gasteiger partial charge in [-0.05, 0) is 6.42 Å². The summed E-state index contributed by atoms with van der Waals surface area (Å²) in [4.78, 5) is 4.22. The number of hydrogen-bond donors (Lipinski definition) is 0. The van der Waals surface area contributed by atoms with Crippen molar-refractivity contribution in [3.63, 3.8) is 0 Å². The molecule has 0 aliphatic carbocycles. The Morgan fingerprint density at radius 3 is 2.27 bits per heavy atom. The van der Waals surface area contributed by atoms with Crippen LogP contribution in [0, 0.1) is 0 Å². The van der Waals surface area contributed by atoms with Gasteiger partial charge in [0.25, 0.3) is 0 Å². The van der Waals surface area contributed by atoms with Crippen LogP contribution >= 0.6 is 13.5 Å². The maximum absolute atomic E-state index is 9.67. The average Bonchev–Trinajstić information content (AvgIpc) is 2.47. The Kier molecular flexibility index (Phi) is 11.1. The number of unbranched alkanes of at least 4 members (excludes halogenated alkanes) is 1. The summed E-state index contributed by atoms with van der Waals surface area (Å²) >= 11 is 0. The monoisotopic (exact) mass is 242 g/mol. The first-order valence-electron chi connectivity index (χ1n) is 4.46. The standard InChI is InChI=1S/C8H14N2.CHF3.H2S/c1-3-4-5-8-9-6-7-10(8)2;2-1(3)4;/h6-7H,3-5H2,1-2H3;1H;1H2. The van der Waals surface area contributed by atoms with Gasteiger partial charge in [-0.2, -0.15) is 26.7 Å². The van der Waals surface area contributed by atoms with Gasteiger partial charge in [-0.1, -0.05) is 13.3 Å². The molecule has 0 saturated heterocycles. The molecular weight excluding hydrogens is 225 g/mol. The van der Waals surface area contributed by atoms with E-state index in [9.17, 15) is 13.2 Å². The fourth-order valence-corrected chi connectivity index (χ4v) is 0.972. The van der Waals surface area contributed by atoms with Crippen molar-refractivity contribution in [2.24, 2.45) is 7.05 Å². The maximum Gasteiger partial charge on any atom is 0.379 e. The molecule has 0 aliphatic heterocycles. The van der Waals surface area contributed by atoms with Crippen LogP contribution in [0.4, 0.5) is 13.2 Å². The SMILES string of the molecule is CCCCc1nccn1C.FC(F)F.S. The number of rotatable bonds is 3. The molecule has 0 amide bonds. The largest absolute Gasteiger partial charge is 0.379 e. The van der Waals surface area contributed by atoms with Gasteiger partial charge in [-0.3, -0.25) is 0 Å². The van der Waals surface area contributed by atoms with E-state index in [-0.39, 0.29) is 13.5 Å². The Hall–Kier alpha value is -0.650. The number of nitrogens with zero attached hydrogens (tertiary/aromatic N) is 2. The molecule has 15 heavy (non-hydrogen) atoms. The summed E-state index contributed by atoms with van der Waals surface area (Å²) < 4.78 is 31.1. The van der Waals surface area contributed by atoms with Crippen LogP contribution in [0.2, 0.25) is 0 Å². The van der Waals surface area contributed by atoms with Gasteiger partial charge >= 0.3 is 6.68 Å². The highest BCUT2D eigenvalue weighted by atomic mass is 32.1. The average molecular weight is 242 g/mol. The summed E-state index contributed by atoms with van der Waals surface area (Å²) in [7, 11) is 2.04. The molecule has 1 aromatic heterocycles. The Balaban J connectivity index is 0. The van der Waals surface area contributed by atoms with E-state index in [1.165, 1.54) is 18.7 Å². The van der Waals surface area contributed by atoms with Gasteiger partial charge in [-0.15, -0.1) is 0 Å². The highest BCUT2D eigenvalue weighted by molar-refractivity contribution is 7.59. The van der Waals surface area contributed by atoms with E-state index in [4.69, 9.17) is 0 Å². The van der Waals surface area contributed by atoms with Crippen molar-refractivity contribution < 1.29 is 13.2 Å². The lowest BCUT2D eigenvalue weighted by molar-refractivity contribution is 0.00819. The molecule has 0 N–H and O–H groups in total. The van der Waals surface area contributed by atoms with E-state index in [1.54, 1.807) is 0 Å². The molecule has 0 bridgehead atoms. The summed E-state index contributed by atoms with van der Waals surface area (Å²) in [6.07, 6.45) is 7.44. The first-order chi connectivity index (χ1) is 6.57. The normalized spacial score (nSPS) is 9.20. The van der Waals surface area contributed by atoms with Crippen molar-refractivity contribution in [3.05, 3.63) is 18.2 Å². The lowest BCUT2D eigenvalue weighted by Crippen LogP contribution is -1.96. The van der Waals surface area contributed by atoms with Crippen LogP contribution in [0.15, 0.2) is 12.4 Å². The van der Waals surface area contributed by atoms with Crippen molar-refractivity contribution >= 4 is 13.5 Å². The maximum atomic E-state index is 9.67. The van der Waals surface area contributed by atoms with E-state index in [2.05, 4.69) is 16.5 Å². The molecule has 0 radical (unpaired) electrons. The quantitative estimate of drug-likeness (QED) is 0.796. The molecule has 2 nitrogen and oxygen atoms in total. The summed E-state index contributed by atoms with van der Waals surface area (Å²) in [5.74, 6) is 1.20. The minimum absolute atomic E-state index is 0. The van der Waals surface area contributed by atoms with E-state index >= 15 is 0 Å². The van der Waals surface area contributed by atoms with Crippen LogP contribution in [0.3, 0.4) is 0 Å². The summed E-state index contributed by atoms with van der Waals surface area (Å²) in [6, 6.07) is 0. The van der Waals surface area contributed by atoms with Crippen LogP contribution < -0.4 is 0 Å². The van der Waals surface area contributed by atoms with Gasteiger partial charge in [0.1, 0.15) is 5.82 Å². The number of halogens is 3. The van der Waals surface area contributed by atoms with Gasteiger partial charge in [-0.25, -0.2) is 4.98 Å². The van der Waals surface area contributed by atoms with Crippen LogP contribution in [0.25, 0.3) is 0 Å². The Labute approximate surface area is 95.0 Å². The fraction of sp³-hybridized carbons (Fsp3) is 0.667. The highest BCUT2D eigenvalue weighted by Gasteiger charge is 1.95. The van der Waals surface area contributed by atoms with Crippen molar-refractivity contribution in [1.82, 2.24) is 9.55 Å². The first-order valence-corrected chi connectivity index (χ1v) is 4.46. The molecule has 1 heterocycles. The third kappa shape index (κ3) is 9.65. The Morgan fingerprint density at radius 1 is 1.40 bits per heavy atom. The van der Waals surface area contributed by atoms with Crippen molar-refractivity contribution in [2.75, 3.05) is 0 Å². The molecule has 0 unspecified atom stereocenters. The van der Waals surface area contributed by atoms with E-state index < -0.39 is 6.68 Å². The number of aromatic nitrogens is 2. The molecule has 0 saturated carbocycles. The zero-order valence-electron chi connectivity index (χ0n) is 8.88. The molecule has 0 atom stereocenters. The molecule has 1 rings (SSSR count). The predicted molar refractivity (Wildman–Crippen MR) is 59.3 cm³/mol. The number of alkyl halides is 3. The molecule has 6 heteroatoms. The van der Waals surface area contributed by atoms with Crippen molar-refractivity contribution in [3.8, 4) is 0 Å². The fourth-order valence-electron chi connectivity index (χ4n) is 0.972. The van der Waals surface area contributed by atoms with Gasteiger partial charge < -0.3 is 4.57 Å². The minimum Gasteiger partial charge on any atom is -0.338 e. The Morgan fingerprint density at radius 2 is 1.93 bits per heavy atom. The second-order valence-corrected chi connectivity index (χ2v) is 2.81. The molecule has 0 fully saturated rings. The van der Waals surface area contributed by atoms with Gasteiger partial charge in [0, 0.05) is 25.9 Å². The summed E-state index contributed by atoms with van der Waals surface area (Å²) in [5.41, 5.74) is 0. The molecule has 0 aromatic carbocycles. The van der Waals surface area contributed by atoms with Crippen LogP contribution in [-0.2, 0) is 13.5 Å². The van der Waals surface area contributed by atoms with Crippen LogP contribution in [0.1, 0.15) is 25.6 Å². The number of aryl methyl sites for hydroxylation is 2.